The molecule has 1 aliphatic heterocycles. The zero-order valence-corrected chi connectivity index (χ0v) is 20.3. The van der Waals surface area contributed by atoms with E-state index in [1.807, 2.05) is 11.0 Å². The third-order valence-electron chi connectivity index (χ3n) is 6.38. The number of carbonyl (C=O) groups is 1. The lowest BCUT2D eigenvalue weighted by atomic mass is 9.98. The Morgan fingerprint density at radius 1 is 1.21 bits per heavy atom. The van der Waals surface area contributed by atoms with Crippen molar-refractivity contribution in [3.63, 3.8) is 0 Å². The minimum absolute atomic E-state index is 0.0441. The Kier molecular flexibility index (Phi) is 7.39. The second-order valence-corrected chi connectivity index (χ2v) is 10.1. The standard InChI is InChI=1S/C24H26Cl3FN4O/c25-19-11-20(26)22(28)9-15(19)12-32(17-4-5-23(30)21(27)10-17)18-6-7-31(13-18)24(33)14-2-1-3-16(29)8-14/h1-5,8-9,17-19H,6-7,10-13,29-30H2/t17?,18-,19?/m0/s1. The van der Waals surface area contributed by atoms with Crippen molar-refractivity contribution < 1.29 is 9.18 Å². The normalized spacial score (nSPS) is 25.8. The largest absolute Gasteiger partial charge is 0.399 e. The van der Waals surface area contributed by atoms with Crippen LogP contribution >= 0.6 is 34.8 Å². The number of halogens is 4. The summed E-state index contributed by atoms with van der Waals surface area (Å²) >= 11 is 18.9. The number of carbonyl (C=O) groups excluding carboxylic acids is 1. The average Bonchev–Trinajstić information content (AvgIpc) is 3.26. The molecule has 0 spiro atoms. The van der Waals surface area contributed by atoms with E-state index >= 15 is 0 Å². The lowest BCUT2D eigenvalue weighted by Gasteiger charge is -2.38. The second-order valence-electron chi connectivity index (χ2n) is 8.63. The molecule has 0 radical (unpaired) electrons. The van der Waals surface area contributed by atoms with E-state index in [0.717, 1.165) is 12.0 Å². The van der Waals surface area contributed by atoms with E-state index in [9.17, 15) is 9.18 Å². The Morgan fingerprint density at radius 2 is 2.00 bits per heavy atom. The molecular formula is C24H26Cl3FN4O. The molecule has 3 aliphatic rings. The highest BCUT2D eigenvalue weighted by atomic mass is 35.5. The van der Waals surface area contributed by atoms with Gasteiger partial charge in [-0.05, 0) is 42.3 Å². The number of alkyl halides is 1. The number of rotatable bonds is 5. The molecule has 3 atom stereocenters. The predicted molar refractivity (Wildman–Crippen MR) is 133 cm³/mol. The quantitative estimate of drug-likeness (QED) is 0.436. The summed E-state index contributed by atoms with van der Waals surface area (Å²) in [4.78, 5) is 17.1. The van der Waals surface area contributed by atoms with Crippen molar-refractivity contribution in [2.45, 2.75) is 36.7 Å². The summed E-state index contributed by atoms with van der Waals surface area (Å²) in [5.41, 5.74) is 14.2. The van der Waals surface area contributed by atoms with Crippen molar-refractivity contribution in [3.05, 3.63) is 75.2 Å². The maximum atomic E-state index is 14.2. The number of allylic oxidation sites excluding steroid dienone is 4. The van der Waals surface area contributed by atoms with Crippen molar-refractivity contribution in [1.82, 2.24) is 9.80 Å². The van der Waals surface area contributed by atoms with Crippen LogP contribution in [0.15, 0.2) is 69.7 Å². The number of likely N-dealkylation sites (tertiary alicyclic amines) is 1. The molecule has 5 nitrogen and oxygen atoms in total. The molecule has 4 N–H and O–H groups in total. The van der Waals surface area contributed by atoms with Crippen LogP contribution in [0.4, 0.5) is 10.1 Å². The lowest BCUT2D eigenvalue weighted by Crippen LogP contribution is -2.47. The van der Waals surface area contributed by atoms with Crippen LogP contribution < -0.4 is 11.5 Å². The number of nitrogens with zero attached hydrogens (tertiary/aromatic N) is 2. The first-order chi connectivity index (χ1) is 15.7. The van der Waals surface area contributed by atoms with Gasteiger partial charge in [0.25, 0.3) is 5.91 Å². The van der Waals surface area contributed by atoms with Crippen molar-refractivity contribution in [1.29, 1.82) is 0 Å². The number of hydrogen-bond acceptors (Lipinski definition) is 4. The summed E-state index contributed by atoms with van der Waals surface area (Å²) < 4.78 is 14.2. The van der Waals surface area contributed by atoms with Gasteiger partial charge < -0.3 is 16.4 Å². The Morgan fingerprint density at radius 3 is 2.73 bits per heavy atom. The fraction of sp³-hybridized carbons (Fsp3) is 0.375. The molecule has 1 saturated heterocycles. The molecule has 1 heterocycles. The maximum Gasteiger partial charge on any atom is 0.253 e. The topological polar surface area (TPSA) is 75.6 Å². The Bertz CT molecular complexity index is 1070. The van der Waals surface area contributed by atoms with Gasteiger partial charge in [0.05, 0.1) is 10.4 Å². The molecule has 0 saturated carbocycles. The number of hydrogen-bond donors (Lipinski definition) is 2. The van der Waals surface area contributed by atoms with Crippen LogP contribution in [0, 0.1) is 0 Å². The van der Waals surface area contributed by atoms with E-state index < -0.39 is 11.2 Å². The smallest absolute Gasteiger partial charge is 0.253 e. The van der Waals surface area contributed by atoms with Gasteiger partial charge in [-0.1, -0.05) is 35.3 Å². The van der Waals surface area contributed by atoms with Gasteiger partial charge in [-0.25, -0.2) is 4.39 Å². The van der Waals surface area contributed by atoms with Crippen LogP contribution in [-0.4, -0.2) is 52.8 Å². The van der Waals surface area contributed by atoms with E-state index in [0.29, 0.717) is 48.0 Å². The highest BCUT2D eigenvalue weighted by Gasteiger charge is 2.36. The van der Waals surface area contributed by atoms with Gasteiger partial charge in [-0.3, -0.25) is 9.69 Å². The van der Waals surface area contributed by atoms with Crippen LogP contribution in [0.5, 0.6) is 0 Å². The SMILES string of the molecule is NC1=C(Cl)CC(N(CC2=CC(F)=C(Cl)CC2Cl)[C@H]2CCN(C(=O)c3cccc(N)c3)C2)C=C1. The first kappa shape index (κ1) is 24.1. The summed E-state index contributed by atoms with van der Waals surface area (Å²) in [6.07, 6.45) is 6.82. The minimum atomic E-state index is -0.449. The van der Waals surface area contributed by atoms with Gasteiger partial charge in [0, 0.05) is 66.5 Å². The molecule has 1 aromatic carbocycles. The fourth-order valence-electron chi connectivity index (χ4n) is 4.54. The van der Waals surface area contributed by atoms with Crippen molar-refractivity contribution >= 4 is 46.4 Å². The van der Waals surface area contributed by atoms with Crippen LogP contribution in [0.1, 0.15) is 29.6 Å². The van der Waals surface area contributed by atoms with E-state index in [-0.39, 0.29) is 29.4 Å². The Labute approximate surface area is 208 Å². The molecular weight excluding hydrogens is 486 g/mol. The molecule has 1 fully saturated rings. The van der Waals surface area contributed by atoms with Crippen LogP contribution in [-0.2, 0) is 0 Å². The van der Waals surface area contributed by atoms with E-state index in [1.54, 1.807) is 30.3 Å². The summed E-state index contributed by atoms with van der Waals surface area (Å²) in [6, 6.07) is 6.98. The lowest BCUT2D eigenvalue weighted by molar-refractivity contribution is 0.0772. The number of anilines is 1. The first-order valence-electron chi connectivity index (χ1n) is 10.8. The zero-order valence-electron chi connectivity index (χ0n) is 18.0. The third-order valence-corrected chi connectivity index (χ3v) is 7.52. The van der Waals surface area contributed by atoms with Gasteiger partial charge in [0.2, 0.25) is 0 Å². The predicted octanol–water partition coefficient (Wildman–Crippen LogP) is 4.88. The highest BCUT2D eigenvalue weighted by Crippen LogP contribution is 2.34. The van der Waals surface area contributed by atoms with Crippen molar-refractivity contribution in [3.8, 4) is 0 Å². The highest BCUT2D eigenvalue weighted by molar-refractivity contribution is 6.31. The molecule has 0 aromatic heterocycles. The van der Waals surface area contributed by atoms with E-state index in [2.05, 4.69) is 4.90 Å². The summed E-state index contributed by atoms with van der Waals surface area (Å²) in [6.45, 7) is 1.59. The van der Waals surface area contributed by atoms with Crippen LogP contribution in [0.3, 0.4) is 0 Å². The molecule has 2 unspecified atom stereocenters. The zero-order chi connectivity index (χ0) is 23.7. The summed E-state index contributed by atoms with van der Waals surface area (Å²) in [5.74, 6) is -0.506. The number of nitrogen functional groups attached to an aromatic ring is 1. The van der Waals surface area contributed by atoms with Crippen LogP contribution in [0.25, 0.3) is 0 Å². The molecule has 1 aromatic rings. The fourth-order valence-corrected chi connectivity index (χ4v) is 5.34. The monoisotopic (exact) mass is 510 g/mol. The Balaban J connectivity index is 1.56. The van der Waals surface area contributed by atoms with E-state index in [1.165, 1.54) is 6.08 Å². The first-order valence-corrected chi connectivity index (χ1v) is 12.0. The molecule has 1 amide bonds. The number of nitrogens with two attached hydrogens (primary N) is 2. The Hall–Kier alpha value is -1.99. The van der Waals surface area contributed by atoms with Gasteiger partial charge in [-0.15, -0.1) is 11.6 Å². The van der Waals surface area contributed by atoms with Crippen molar-refractivity contribution in [2.75, 3.05) is 25.4 Å². The van der Waals surface area contributed by atoms with Gasteiger partial charge in [-0.2, -0.15) is 0 Å². The molecule has 33 heavy (non-hydrogen) atoms. The maximum absolute atomic E-state index is 14.2. The number of amides is 1. The van der Waals surface area contributed by atoms with Crippen molar-refractivity contribution in [2.24, 2.45) is 5.73 Å². The number of benzene rings is 1. The summed E-state index contributed by atoms with van der Waals surface area (Å²) in [5, 5.41) is 0.336. The molecule has 0 bridgehead atoms. The summed E-state index contributed by atoms with van der Waals surface area (Å²) in [7, 11) is 0. The minimum Gasteiger partial charge on any atom is -0.399 e. The molecule has 9 heteroatoms. The molecule has 176 valence electrons. The molecule has 2 aliphatic carbocycles. The average molecular weight is 512 g/mol. The van der Waals surface area contributed by atoms with Gasteiger partial charge in [0.15, 0.2) is 0 Å². The second kappa shape index (κ2) is 10.1. The van der Waals surface area contributed by atoms with Gasteiger partial charge >= 0.3 is 0 Å². The third kappa shape index (κ3) is 5.40. The van der Waals surface area contributed by atoms with Crippen LogP contribution in [0.2, 0.25) is 0 Å². The van der Waals surface area contributed by atoms with E-state index in [4.69, 9.17) is 46.3 Å². The molecule has 4 rings (SSSR count). The van der Waals surface area contributed by atoms with Gasteiger partial charge in [0.1, 0.15) is 5.83 Å².